The van der Waals surface area contributed by atoms with Gasteiger partial charge < -0.3 is 10.0 Å². The molecule has 1 N–H and O–H groups in total. The molecule has 0 atom stereocenters. The Morgan fingerprint density at radius 3 is 2.36 bits per heavy atom. The molecule has 1 aliphatic heterocycles. The number of aromatic hydroxyl groups is 1. The number of amides is 1. The Labute approximate surface area is 146 Å². The largest absolute Gasteiger partial charge is 0.503 e. The minimum absolute atomic E-state index is 0.0917. The van der Waals surface area contributed by atoms with Crippen molar-refractivity contribution in [3.63, 3.8) is 0 Å². The Morgan fingerprint density at radius 1 is 1.04 bits per heavy atom. The summed E-state index contributed by atoms with van der Waals surface area (Å²) in [6, 6.07) is 11.5. The summed E-state index contributed by atoms with van der Waals surface area (Å²) in [4.78, 5) is 14.3. The Morgan fingerprint density at radius 2 is 1.72 bits per heavy atom. The third kappa shape index (κ3) is 3.97. The van der Waals surface area contributed by atoms with Gasteiger partial charge in [-0.1, -0.05) is 18.2 Å². The number of nitrogens with zero attached hydrogens (tertiary/aromatic N) is 3. The van der Waals surface area contributed by atoms with Gasteiger partial charge in [0, 0.05) is 32.2 Å². The van der Waals surface area contributed by atoms with Crippen LogP contribution >= 0.6 is 0 Å². The van der Waals surface area contributed by atoms with E-state index in [-0.39, 0.29) is 36.2 Å². The standard InChI is InChI=1S/C17H19N3O4S/c21-15-5-4-8-18(13-15)14-17(22)19-9-11-20(12-10-19)25(23,24)16-6-2-1-3-7-16/h1-8,13H,9-12,14H2/p+1. The van der Waals surface area contributed by atoms with Crippen molar-refractivity contribution in [1.29, 1.82) is 0 Å². The topological polar surface area (TPSA) is 81.8 Å². The van der Waals surface area contributed by atoms with Gasteiger partial charge in [0.25, 0.3) is 5.91 Å². The van der Waals surface area contributed by atoms with Gasteiger partial charge in [-0.3, -0.25) is 4.79 Å². The number of piperazine rings is 1. The minimum atomic E-state index is -3.52. The summed E-state index contributed by atoms with van der Waals surface area (Å²) >= 11 is 0. The average molecular weight is 362 g/mol. The van der Waals surface area contributed by atoms with Crippen molar-refractivity contribution in [3.8, 4) is 5.75 Å². The number of benzene rings is 1. The van der Waals surface area contributed by atoms with E-state index in [2.05, 4.69) is 0 Å². The van der Waals surface area contributed by atoms with Crippen LogP contribution < -0.4 is 4.57 Å². The van der Waals surface area contributed by atoms with E-state index in [1.807, 2.05) is 0 Å². The molecule has 2 heterocycles. The van der Waals surface area contributed by atoms with Gasteiger partial charge in [0.05, 0.1) is 4.90 Å². The molecule has 0 saturated carbocycles. The van der Waals surface area contributed by atoms with Crippen molar-refractivity contribution >= 4 is 15.9 Å². The smallest absolute Gasteiger partial charge is 0.288 e. The van der Waals surface area contributed by atoms with E-state index in [9.17, 15) is 18.3 Å². The second-order valence-electron chi connectivity index (χ2n) is 5.83. The molecule has 0 unspecified atom stereocenters. The summed E-state index contributed by atoms with van der Waals surface area (Å²) in [6.07, 6.45) is 3.18. The zero-order valence-corrected chi connectivity index (χ0v) is 14.5. The molecule has 1 aliphatic rings. The van der Waals surface area contributed by atoms with Gasteiger partial charge in [-0.15, -0.1) is 0 Å². The highest BCUT2D eigenvalue weighted by atomic mass is 32.2. The fourth-order valence-corrected chi connectivity index (χ4v) is 4.23. The molecular formula is C17H20N3O4S+. The lowest BCUT2D eigenvalue weighted by molar-refractivity contribution is -0.685. The first-order valence-electron chi connectivity index (χ1n) is 7.98. The zero-order valence-electron chi connectivity index (χ0n) is 13.7. The summed E-state index contributed by atoms with van der Waals surface area (Å²) in [5.74, 6) is -0.0126. The second kappa shape index (κ2) is 7.20. The zero-order chi connectivity index (χ0) is 17.9. The number of sulfonamides is 1. The third-order valence-corrected chi connectivity index (χ3v) is 6.05. The maximum absolute atomic E-state index is 12.6. The van der Waals surface area contributed by atoms with Crippen LogP contribution in [0.1, 0.15) is 0 Å². The predicted molar refractivity (Wildman–Crippen MR) is 90.1 cm³/mol. The van der Waals surface area contributed by atoms with Crippen LogP contribution in [0.2, 0.25) is 0 Å². The summed E-state index contributed by atoms with van der Waals surface area (Å²) in [5, 5.41) is 9.45. The Hall–Kier alpha value is -2.45. The number of carbonyl (C=O) groups is 1. The Balaban J connectivity index is 1.61. The molecule has 1 aromatic carbocycles. The van der Waals surface area contributed by atoms with E-state index >= 15 is 0 Å². The lowest BCUT2D eigenvalue weighted by Crippen LogP contribution is -2.53. The van der Waals surface area contributed by atoms with Crippen LogP contribution in [-0.4, -0.2) is 54.8 Å². The first-order valence-corrected chi connectivity index (χ1v) is 9.42. The quantitative estimate of drug-likeness (QED) is 0.789. The van der Waals surface area contributed by atoms with Crippen molar-refractivity contribution in [2.75, 3.05) is 26.2 Å². The summed E-state index contributed by atoms with van der Waals surface area (Å²) in [5.41, 5.74) is 0. The molecule has 1 fully saturated rings. The van der Waals surface area contributed by atoms with Crippen LogP contribution in [0.5, 0.6) is 5.75 Å². The molecule has 8 heteroatoms. The Bertz CT molecular complexity index is 847. The molecule has 1 saturated heterocycles. The molecule has 7 nitrogen and oxygen atoms in total. The first kappa shape index (κ1) is 17.4. The molecule has 3 rings (SSSR count). The maximum Gasteiger partial charge on any atom is 0.288 e. The fourth-order valence-electron chi connectivity index (χ4n) is 2.78. The monoisotopic (exact) mass is 362 g/mol. The van der Waals surface area contributed by atoms with E-state index in [1.165, 1.54) is 16.6 Å². The number of carbonyl (C=O) groups excluding carboxylic acids is 1. The van der Waals surface area contributed by atoms with Crippen LogP contribution in [0.4, 0.5) is 0 Å². The highest BCUT2D eigenvalue weighted by molar-refractivity contribution is 7.89. The van der Waals surface area contributed by atoms with Gasteiger partial charge in [0.1, 0.15) is 0 Å². The lowest BCUT2D eigenvalue weighted by Gasteiger charge is -2.33. The van der Waals surface area contributed by atoms with Crippen LogP contribution in [0.25, 0.3) is 0 Å². The third-order valence-electron chi connectivity index (χ3n) is 4.13. The number of rotatable bonds is 4. The number of hydrogen-bond acceptors (Lipinski definition) is 4. The molecule has 1 aromatic heterocycles. The molecule has 132 valence electrons. The molecule has 0 aliphatic carbocycles. The first-order chi connectivity index (χ1) is 12.0. The molecule has 0 spiro atoms. The number of aromatic nitrogens is 1. The van der Waals surface area contributed by atoms with Gasteiger partial charge >= 0.3 is 0 Å². The molecular weight excluding hydrogens is 342 g/mol. The van der Waals surface area contributed by atoms with Gasteiger partial charge in [-0.2, -0.15) is 8.87 Å². The SMILES string of the molecule is O=C(C[n+]1cccc(O)c1)N1CCN(S(=O)(=O)c2ccccc2)CC1. The highest BCUT2D eigenvalue weighted by Crippen LogP contribution is 2.17. The lowest BCUT2D eigenvalue weighted by atomic mass is 10.3. The van der Waals surface area contributed by atoms with Gasteiger partial charge in [-0.05, 0) is 18.2 Å². The highest BCUT2D eigenvalue weighted by Gasteiger charge is 2.30. The summed E-state index contributed by atoms with van der Waals surface area (Å²) in [6.45, 7) is 1.36. The summed E-state index contributed by atoms with van der Waals surface area (Å²) < 4.78 is 28.2. The maximum atomic E-state index is 12.6. The van der Waals surface area contributed by atoms with Gasteiger partial charge in [-0.25, -0.2) is 8.42 Å². The van der Waals surface area contributed by atoms with Crippen molar-refractivity contribution in [1.82, 2.24) is 9.21 Å². The predicted octanol–water partition coefficient (Wildman–Crippen LogP) is 0.213. The Kier molecular flexibility index (Phi) is 5.00. The van der Waals surface area contributed by atoms with Crippen molar-refractivity contribution in [3.05, 3.63) is 54.9 Å². The normalized spacial score (nSPS) is 15.9. The molecule has 0 bridgehead atoms. The van der Waals surface area contributed by atoms with Crippen LogP contribution in [0.15, 0.2) is 59.8 Å². The summed E-state index contributed by atoms with van der Waals surface area (Å²) in [7, 11) is -3.52. The average Bonchev–Trinajstić information content (AvgIpc) is 2.62. The van der Waals surface area contributed by atoms with E-state index in [0.29, 0.717) is 13.1 Å². The molecule has 2 aromatic rings. The van der Waals surface area contributed by atoms with E-state index in [4.69, 9.17) is 0 Å². The molecule has 0 radical (unpaired) electrons. The second-order valence-corrected chi connectivity index (χ2v) is 7.77. The van der Waals surface area contributed by atoms with E-state index < -0.39 is 10.0 Å². The van der Waals surface area contributed by atoms with Crippen LogP contribution in [0.3, 0.4) is 0 Å². The van der Waals surface area contributed by atoms with E-state index in [0.717, 1.165) is 0 Å². The van der Waals surface area contributed by atoms with Crippen molar-refractivity contribution in [2.24, 2.45) is 0 Å². The van der Waals surface area contributed by atoms with E-state index in [1.54, 1.807) is 52.1 Å². The van der Waals surface area contributed by atoms with Gasteiger partial charge in [0.2, 0.25) is 22.8 Å². The number of pyridine rings is 1. The van der Waals surface area contributed by atoms with Crippen molar-refractivity contribution in [2.45, 2.75) is 11.4 Å². The molecule has 1 amide bonds. The molecule has 25 heavy (non-hydrogen) atoms. The minimum Gasteiger partial charge on any atom is -0.503 e. The van der Waals surface area contributed by atoms with Crippen molar-refractivity contribution < 1.29 is 22.9 Å². The fraction of sp³-hybridized carbons (Fsp3) is 0.294. The van der Waals surface area contributed by atoms with Crippen LogP contribution in [-0.2, 0) is 21.4 Å². The van der Waals surface area contributed by atoms with Gasteiger partial charge in [0.15, 0.2) is 11.9 Å². The van der Waals surface area contributed by atoms with Crippen LogP contribution in [0, 0.1) is 0 Å². The number of hydrogen-bond donors (Lipinski definition) is 1.